The van der Waals surface area contributed by atoms with Gasteiger partial charge < -0.3 is 5.32 Å². The van der Waals surface area contributed by atoms with Crippen LogP contribution in [0.15, 0.2) is 41.3 Å². The molecule has 0 aliphatic rings. The van der Waals surface area contributed by atoms with E-state index in [0.29, 0.717) is 10.4 Å². The van der Waals surface area contributed by atoms with Crippen LogP contribution in [0.25, 0.3) is 0 Å². The molecule has 0 unspecified atom stereocenters. The molecule has 2 aromatic rings. The first-order valence-electron chi connectivity index (χ1n) is 7.69. The number of carbonyl (C=O) groups excluding carboxylic acids is 1. The lowest BCUT2D eigenvalue weighted by atomic mass is 10.2. The maximum atomic E-state index is 12.9. The Morgan fingerprint density at radius 3 is 2.45 bits per heavy atom. The van der Waals surface area contributed by atoms with Gasteiger partial charge in [-0.15, -0.1) is 0 Å². The van der Waals surface area contributed by atoms with Gasteiger partial charge in [-0.2, -0.15) is 22.7 Å². The Morgan fingerprint density at radius 2 is 1.86 bits per heavy atom. The van der Waals surface area contributed by atoms with Crippen molar-refractivity contribution in [2.45, 2.75) is 11.1 Å². The van der Waals surface area contributed by atoms with Crippen molar-refractivity contribution in [1.82, 2.24) is 4.31 Å². The standard InChI is InChI=1S/C17H12Cl2F3N3O3S/c1-25(29(27,28)15-6-11(18)3-2-10(15)8-23)9-16(26)24-12-4-5-14(19)13(7-12)17(20,21)22/h2-7H,9H2,1H3,(H,24,26). The van der Waals surface area contributed by atoms with Crippen molar-refractivity contribution in [3.8, 4) is 6.07 Å². The van der Waals surface area contributed by atoms with Gasteiger partial charge in [0.05, 0.1) is 22.7 Å². The number of anilines is 1. The molecule has 6 nitrogen and oxygen atoms in total. The minimum absolute atomic E-state index is 0.0706. The van der Waals surface area contributed by atoms with E-state index < -0.39 is 44.1 Å². The largest absolute Gasteiger partial charge is 0.417 e. The topological polar surface area (TPSA) is 90.3 Å². The molecule has 0 aliphatic carbocycles. The van der Waals surface area contributed by atoms with Crippen LogP contribution >= 0.6 is 23.2 Å². The summed E-state index contributed by atoms with van der Waals surface area (Å²) in [5.74, 6) is -0.896. The first-order chi connectivity index (χ1) is 13.4. The number of amides is 1. The molecule has 0 aliphatic heterocycles. The molecule has 0 atom stereocenters. The Kier molecular flexibility index (Phi) is 6.80. The molecule has 1 N–H and O–H groups in total. The van der Waals surface area contributed by atoms with E-state index in [0.717, 1.165) is 25.2 Å². The second-order valence-electron chi connectivity index (χ2n) is 5.75. The molecule has 0 spiro atoms. The van der Waals surface area contributed by atoms with Crippen LogP contribution in [0.5, 0.6) is 0 Å². The average molecular weight is 466 g/mol. The van der Waals surface area contributed by atoms with Gasteiger partial charge in [0, 0.05) is 17.8 Å². The number of likely N-dealkylation sites (N-methyl/N-ethyl adjacent to an activating group) is 1. The third-order valence-electron chi connectivity index (χ3n) is 3.67. The summed E-state index contributed by atoms with van der Waals surface area (Å²) in [6, 6.07) is 8.09. The summed E-state index contributed by atoms with van der Waals surface area (Å²) in [6.45, 7) is -0.719. The fourth-order valence-electron chi connectivity index (χ4n) is 2.28. The van der Waals surface area contributed by atoms with Crippen molar-refractivity contribution in [3.63, 3.8) is 0 Å². The molecule has 0 radical (unpaired) electrons. The smallest absolute Gasteiger partial charge is 0.325 e. The number of nitrogens with one attached hydrogen (secondary N) is 1. The number of nitrogens with zero attached hydrogens (tertiary/aromatic N) is 2. The lowest BCUT2D eigenvalue weighted by Gasteiger charge is -2.18. The maximum Gasteiger partial charge on any atom is 0.417 e. The number of alkyl halides is 3. The van der Waals surface area contributed by atoms with E-state index in [1.807, 2.05) is 0 Å². The molecular formula is C17H12Cl2F3N3O3S. The van der Waals surface area contributed by atoms with Crippen molar-refractivity contribution in [2.75, 3.05) is 18.9 Å². The van der Waals surface area contributed by atoms with Crippen molar-refractivity contribution >= 4 is 44.8 Å². The van der Waals surface area contributed by atoms with E-state index in [9.17, 15) is 26.4 Å². The Hall–Kier alpha value is -2.32. The molecule has 0 saturated heterocycles. The normalized spacial score (nSPS) is 11.9. The third kappa shape index (κ3) is 5.39. The highest BCUT2D eigenvalue weighted by molar-refractivity contribution is 7.89. The highest BCUT2D eigenvalue weighted by Crippen LogP contribution is 2.36. The van der Waals surface area contributed by atoms with Crippen molar-refractivity contribution in [3.05, 3.63) is 57.6 Å². The van der Waals surface area contributed by atoms with E-state index in [1.165, 1.54) is 12.1 Å². The van der Waals surface area contributed by atoms with Crippen LogP contribution in [0.1, 0.15) is 11.1 Å². The molecule has 1 amide bonds. The van der Waals surface area contributed by atoms with Crippen molar-refractivity contribution in [1.29, 1.82) is 5.26 Å². The second-order valence-corrected chi connectivity index (χ2v) is 8.61. The van der Waals surface area contributed by atoms with E-state index in [-0.39, 0.29) is 16.3 Å². The van der Waals surface area contributed by atoms with Gasteiger partial charge in [0.15, 0.2) is 0 Å². The number of rotatable bonds is 5. The summed E-state index contributed by atoms with van der Waals surface area (Å²) in [5.41, 5.74) is -1.53. The predicted molar refractivity (Wildman–Crippen MR) is 101 cm³/mol. The number of benzene rings is 2. The van der Waals surface area contributed by atoms with Crippen LogP contribution in [0.2, 0.25) is 10.0 Å². The van der Waals surface area contributed by atoms with Gasteiger partial charge in [-0.25, -0.2) is 8.42 Å². The quantitative estimate of drug-likeness (QED) is 0.717. The third-order valence-corrected chi connectivity index (χ3v) is 6.08. The summed E-state index contributed by atoms with van der Waals surface area (Å²) in [6.07, 6.45) is -4.72. The molecule has 2 aromatic carbocycles. The molecule has 2 rings (SSSR count). The van der Waals surface area contributed by atoms with Crippen LogP contribution in [0.4, 0.5) is 18.9 Å². The number of sulfonamides is 1. The summed E-state index contributed by atoms with van der Waals surface area (Å²) in [7, 11) is -3.18. The lowest BCUT2D eigenvalue weighted by Crippen LogP contribution is -2.35. The Balaban J connectivity index is 2.22. The van der Waals surface area contributed by atoms with Gasteiger partial charge in [-0.1, -0.05) is 23.2 Å². The summed E-state index contributed by atoms with van der Waals surface area (Å²) in [4.78, 5) is 11.8. The average Bonchev–Trinajstić information content (AvgIpc) is 2.62. The SMILES string of the molecule is CN(CC(=O)Nc1ccc(Cl)c(C(F)(F)F)c1)S(=O)(=O)c1cc(Cl)ccc1C#N. The number of carbonyl (C=O) groups is 1. The molecule has 0 fully saturated rings. The second kappa shape index (κ2) is 8.59. The first kappa shape index (κ1) is 23.0. The molecule has 0 aromatic heterocycles. The number of halogens is 5. The summed E-state index contributed by atoms with van der Waals surface area (Å²) >= 11 is 11.3. The Labute approximate surface area is 174 Å². The summed E-state index contributed by atoms with van der Waals surface area (Å²) < 4.78 is 64.7. The van der Waals surface area contributed by atoms with Gasteiger partial charge in [0.1, 0.15) is 11.0 Å². The van der Waals surface area contributed by atoms with Crippen molar-refractivity contribution in [2.24, 2.45) is 0 Å². The van der Waals surface area contributed by atoms with E-state index in [4.69, 9.17) is 28.5 Å². The number of hydrogen-bond donors (Lipinski definition) is 1. The zero-order valence-electron chi connectivity index (χ0n) is 14.6. The zero-order valence-corrected chi connectivity index (χ0v) is 16.9. The van der Waals surface area contributed by atoms with Crippen LogP contribution in [0.3, 0.4) is 0 Å². The van der Waals surface area contributed by atoms with Crippen LogP contribution in [-0.4, -0.2) is 32.2 Å². The Bertz CT molecular complexity index is 1100. The minimum atomic E-state index is -4.72. The van der Waals surface area contributed by atoms with Crippen molar-refractivity contribution < 1.29 is 26.4 Å². The Morgan fingerprint density at radius 1 is 1.21 bits per heavy atom. The van der Waals surface area contributed by atoms with Crippen LogP contribution in [0, 0.1) is 11.3 Å². The molecule has 0 bridgehead atoms. The zero-order chi connectivity index (χ0) is 22.0. The fraction of sp³-hybridized carbons (Fsp3) is 0.176. The monoisotopic (exact) mass is 465 g/mol. The first-order valence-corrected chi connectivity index (χ1v) is 9.88. The highest BCUT2D eigenvalue weighted by Gasteiger charge is 2.33. The highest BCUT2D eigenvalue weighted by atomic mass is 35.5. The van der Waals surface area contributed by atoms with E-state index >= 15 is 0 Å². The predicted octanol–water partition coefficient (Wildman–Crippen LogP) is 4.14. The number of nitriles is 1. The fourth-order valence-corrected chi connectivity index (χ4v) is 4.03. The van der Waals surface area contributed by atoms with Gasteiger partial charge in [-0.3, -0.25) is 4.79 Å². The number of hydrogen-bond acceptors (Lipinski definition) is 4. The van der Waals surface area contributed by atoms with E-state index in [1.54, 1.807) is 6.07 Å². The molecule has 0 heterocycles. The van der Waals surface area contributed by atoms with Crippen LogP contribution < -0.4 is 5.32 Å². The minimum Gasteiger partial charge on any atom is -0.325 e. The lowest BCUT2D eigenvalue weighted by molar-refractivity contribution is -0.137. The van der Waals surface area contributed by atoms with E-state index in [2.05, 4.69) is 5.32 Å². The molecular weight excluding hydrogens is 454 g/mol. The van der Waals surface area contributed by atoms with Gasteiger partial charge >= 0.3 is 6.18 Å². The van der Waals surface area contributed by atoms with Gasteiger partial charge in [-0.05, 0) is 36.4 Å². The van der Waals surface area contributed by atoms with Gasteiger partial charge in [0.25, 0.3) is 0 Å². The van der Waals surface area contributed by atoms with Crippen LogP contribution in [-0.2, 0) is 21.0 Å². The molecule has 29 heavy (non-hydrogen) atoms. The molecule has 154 valence electrons. The van der Waals surface area contributed by atoms with Gasteiger partial charge in [0.2, 0.25) is 15.9 Å². The molecule has 0 saturated carbocycles. The molecule has 12 heteroatoms. The summed E-state index contributed by atoms with van der Waals surface area (Å²) in [5, 5.41) is 10.8. The maximum absolute atomic E-state index is 12.9.